The zero-order valence-corrected chi connectivity index (χ0v) is 7.20. The summed E-state index contributed by atoms with van der Waals surface area (Å²) in [4.78, 5) is 11.0. The number of rotatable bonds is 2. The van der Waals surface area contributed by atoms with Gasteiger partial charge in [-0.2, -0.15) is 5.10 Å². The second kappa shape index (κ2) is 3.05. The second-order valence-electron chi connectivity index (χ2n) is 2.38. The third-order valence-corrected chi connectivity index (χ3v) is 1.88. The Morgan fingerprint density at radius 1 is 1.64 bits per heavy atom. The van der Waals surface area contributed by atoms with Crippen molar-refractivity contribution in [1.29, 1.82) is 0 Å². The van der Waals surface area contributed by atoms with Gasteiger partial charge < -0.3 is 0 Å². The highest BCUT2D eigenvalue weighted by molar-refractivity contribution is 6.30. The fourth-order valence-electron chi connectivity index (χ4n) is 0.820. The molecule has 1 aromatic rings. The lowest BCUT2D eigenvalue weighted by atomic mass is 10.2. The summed E-state index contributed by atoms with van der Waals surface area (Å²) in [5.74, 6) is -0.140. The van der Waals surface area contributed by atoms with Gasteiger partial charge in [0.1, 0.15) is 5.69 Å². The van der Waals surface area contributed by atoms with Crippen molar-refractivity contribution >= 4 is 17.4 Å². The Kier molecular flexibility index (Phi) is 2.29. The molecule has 0 fully saturated rings. The monoisotopic (exact) mass is 172 g/mol. The van der Waals surface area contributed by atoms with Crippen molar-refractivity contribution in [2.75, 3.05) is 5.88 Å². The minimum Gasteiger partial charge on any atom is -0.291 e. The minimum atomic E-state index is -0.131. The molecule has 0 radical (unpaired) electrons. The van der Waals surface area contributed by atoms with Crippen molar-refractivity contribution < 1.29 is 4.79 Å². The number of nitrogens with zero attached hydrogens (tertiary/aromatic N) is 1. The van der Waals surface area contributed by atoms with E-state index in [0.717, 1.165) is 11.3 Å². The number of Topliss-reactive ketones (excluding diaryl/α,β-unsaturated/α-hetero) is 1. The first-order valence-corrected chi connectivity index (χ1v) is 3.81. The van der Waals surface area contributed by atoms with E-state index in [0.29, 0.717) is 5.69 Å². The summed E-state index contributed by atoms with van der Waals surface area (Å²) < 4.78 is 0. The molecule has 0 unspecified atom stereocenters. The van der Waals surface area contributed by atoms with Crippen molar-refractivity contribution in [1.82, 2.24) is 10.2 Å². The summed E-state index contributed by atoms with van der Waals surface area (Å²) in [6, 6.07) is 0. The van der Waals surface area contributed by atoms with Crippen LogP contribution in [0.4, 0.5) is 0 Å². The van der Waals surface area contributed by atoms with Crippen LogP contribution in [0.3, 0.4) is 0 Å². The maximum absolute atomic E-state index is 11.0. The van der Waals surface area contributed by atoms with Crippen LogP contribution in [0.25, 0.3) is 0 Å². The number of hydrogen-bond acceptors (Lipinski definition) is 2. The zero-order valence-electron chi connectivity index (χ0n) is 6.44. The van der Waals surface area contributed by atoms with Crippen LogP contribution >= 0.6 is 11.6 Å². The molecular weight excluding hydrogens is 164 g/mol. The van der Waals surface area contributed by atoms with Gasteiger partial charge in [0.05, 0.1) is 5.88 Å². The standard InChI is InChI=1S/C7H9ClN2O/c1-4-5(2)9-10-7(4)6(11)3-8/h3H2,1-2H3,(H,9,10). The first-order chi connectivity index (χ1) is 5.16. The Labute approximate surface area is 69.8 Å². The molecule has 4 heteroatoms. The smallest absolute Gasteiger partial charge is 0.198 e. The van der Waals surface area contributed by atoms with Crippen LogP contribution in [-0.2, 0) is 0 Å². The first kappa shape index (κ1) is 8.27. The highest BCUT2D eigenvalue weighted by atomic mass is 35.5. The van der Waals surface area contributed by atoms with Gasteiger partial charge in [-0.05, 0) is 13.8 Å². The molecule has 0 aliphatic rings. The highest BCUT2D eigenvalue weighted by Crippen LogP contribution is 2.09. The molecule has 60 valence electrons. The molecule has 0 atom stereocenters. The van der Waals surface area contributed by atoms with E-state index in [1.54, 1.807) is 0 Å². The fraction of sp³-hybridized carbons (Fsp3) is 0.429. The van der Waals surface area contributed by atoms with Gasteiger partial charge in [0.25, 0.3) is 0 Å². The molecular formula is C7H9ClN2O. The van der Waals surface area contributed by atoms with Crippen molar-refractivity contribution in [3.05, 3.63) is 17.0 Å². The van der Waals surface area contributed by atoms with Gasteiger partial charge in [-0.25, -0.2) is 0 Å². The number of aryl methyl sites for hydroxylation is 1. The van der Waals surface area contributed by atoms with Crippen molar-refractivity contribution in [2.45, 2.75) is 13.8 Å². The van der Waals surface area contributed by atoms with Gasteiger partial charge in [0.2, 0.25) is 0 Å². The Balaban J connectivity index is 3.04. The summed E-state index contributed by atoms with van der Waals surface area (Å²) >= 11 is 5.36. The third-order valence-electron chi connectivity index (χ3n) is 1.64. The minimum absolute atomic E-state index is 0.00880. The summed E-state index contributed by atoms with van der Waals surface area (Å²) in [7, 11) is 0. The third kappa shape index (κ3) is 1.43. The topological polar surface area (TPSA) is 45.8 Å². The van der Waals surface area contributed by atoms with Crippen LogP contribution in [0.2, 0.25) is 0 Å². The van der Waals surface area contributed by atoms with E-state index in [-0.39, 0.29) is 11.7 Å². The average Bonchev–Trinajstić information content (AvgIpc) is 2.32. The molecule has 0 aliphatic carbocycles. The zero-order chi connectivity index (χ0) is 8.43. The lowest BCUT2D eigenvalue weighted by molar-refractivity contribution is 0.101. The number of halogens is 1. The van der Waals surface area contributed by atoms with Crippen LogP contribution in [-0.4, -0.2) is 21.9 Å². The number of hydrogen-bond donors (Lipinski definition) is 1. The number of carbonyl (C=O) groups is 1. The van der Waals surface area contributed by atoms with Gasteiger partial charge in [0, 0.05) is 11.3 Å². The Morgan fingerprint density at radius 2 is 2.27 bits per heavy atom. The Morgan fingerprint density at radius 3 is 2.64 bits per heavy atom. The Bertz CT molecular complexity index is 280. The summed E-state index contributed by atoms with van der Waals surface area (Å²) in [6.45, 7) is 3.71. The number of ketones is 1. The summed E-state index contributed by atoms with van der Waals surface area (Å²) in [6.07, 6.45) is 0. The van der Waals surface area contributed by atoms with Crippen LogP contribution in [0.15, 0.2) is 0 Å². The van der Waals surface area contributed by atoms with Crippen LogP contribution in [0.5, 0.6) is 0 Å². The average molecular weight is 173 g/mol. The Hall–Kier alpha value is -0.830. The summed E-state index contributed by atoms with van der Waals surface area (Å²) in [5, 5.41) is 6.55. The number of aromatic amines is 1. The number of carbonyl (C=O) groups excluding carboxylic acids is 1. The van der Waals surface area contributed by atoms with E-state index in [1.165, 1.54) is 0 Å². The number of nitrogens with one attached hydrogen (secondary N) is 1. The van der Waals surface area contributed by atoms with E-state index in [4.69, 9.17) is 11.6 Å². The highest BCUT2D eigenvalue weighted by Gasteiger charge is 2.12. The SMILES string of the molecule is Cc1[nH]nc(C(=O)CCl)c1C. The molecule has 0 spiro atoms. The van der Waals surface area contributed by atoms with Crippen LogP contribution < -0.4 is 0 Å². The van der Waals surface area contributed by atoms with Crippen molar-refractivity contribution in [2.24, 2.45) is 0 Å². The fourth-order valence-corrected chi connectivity index (χ4v) is 0.946. The number of alkyl halides is 1. The van der Waals surface area contributed by atoms with Crippen molar-refractivity contribution in [3.63, 3.8) is 0 Å². The summed E-state index contributed by atoms with van der Waals surface area (Å²) in [5.41, 5.74) is 2.26. The molecule has 11 heavy (non-hydrogen) atoms. The van der Waals surface area contributed by atoms with E-state index in [1.807, 2.05) is 13.8 Å². The van der Waals surface area contributed by atoms with Crippen LogP contribution in [0, 0.1) is 13.8 Å². The maximum atomic E-state index is 11.0. The molecule has 0 aliphatic heterocycles. The number of aromatic nitrogens is 2. The van der Waals surface area contributed by atoms with Gasteiger partial charge >= 0.3 is 0 Å². The molecule has 1 heterocycles. The lowest BCUT2D eigenvalue weighted by Crippen LogP contribution is -2.02. The molecule has 0 aromatic carbocycles. The van der Waals surface area contributed by atoms with E-state index >= 15 is 0 Å². The maximum Gasteiger partial charge on any atom is 0.198 e. The second-order valence-corrected chi connectivity index (χ2v) is 2.65. The van der Waals surface area contributed by atoms with Gasteiger partial charge in [0.15, 0.2) is 5.78 Å². The first-order valence-electron chi connectivity index (χ1n) is 3.27. The van der Waals surface area contributed by atoms with Crippen LogP contribution in [0.1, 0.15) is 21.7 Å². The molecule has 1 N–H and O–H groups in total. The quantitative estimate of drug-likeness (QED) is 0.542. The molecule has 0 amide bonds. The normalized spacial score (nSPS) is 10.1. The van der Waals surface area contributed by atoms with Gasteiger partial charge in [-0.1, -0.05) is 0 Å². The molecule has 0 saturated carbocycles. The molecule has 0 saturated heterocycles. The van der Waals surface area contributed by atoms with E-state index < -0.39 is 0 Å². The molecule has 0 bridgehead atoms. The largest absolute Gasteiger partial charge is 0.291 e. The van der Waals surface area contributed by atoms with Gasteiger partial charge in [-0.3, -0.25) is 9.89 Å². The van der Waals surface area contributed by atoms with E-state index in [9.17, 15) is 4.79 Å². The predicted molar refractivity (Wildman–Crippen MR) is 43.1 cm³/mol. The molecule has 1 rings (SSSR count). The van der Waals surface area contributed by atoms with Crippen molar-refractivity contribution in [3.8, 4) is 0 Å². The predicted octanol–water partition coefficient (Wildman–Crippen LogP) is 1.45. The molecule has 1 aromatic heterocycles. The van der Waals surface area contributed by atoms with E-state index in [2.05, 4.69) is 10.2 Å². The lowest BCUT2D eigenvalue weighted by Gasteiger charge is -1.91. The number of H-pyrrole nitrogens is 1. The molecule has 3 nitrogen and oxygen atoms in total. The van der Waals surface area contributed by atoms with Gasteiger partial charge in [-0.15, -0.1) is 11.6 Å².